The lowest BCUT2D eigenvalue weighted by atomic mass is 10.0. The van der Waals surface area contributed by atoms with Gasteiger partial charge in [-0.05, 0) is 39.7 Å². The molecular formula is C12H24N4O. The Kier molecular flexibility index (Phi) is 4.39. The molecule has 3 N–H and O–H groups in total. The van der Waals surface area contributed by atoms with Crippen molar-refractivity contribution in [2.24, 2.45) is 5.84 Å². The van der Waals surface area contributed by atoms with Crippen LogP contribution in [0.5, 0.6) is 0 Å². The molecule has 5 heteroatoms. The molecule has 98 valence electrons. The van der Waals surface area contributed by atoms with E-state index in [9.17, 15) is 0 Å². The molecule has 0 saturated carbocycles. The Morgan fingerprint density at radius 3 is 2.94 bits per heavy atom. The van der Waals surface area contributed by atoms with E-state index in [2.05, 4.69) is 35.4 Å². The van der Waals surface area contributed by atoms with Crippen molar-refractivity contribution in [1.29, 1.82) is 0 Å². The van der Waals surface area contributed by atoms with E-state index in [4.69, 9.17) is 10.6 Å². The standard InChI is InChI=1S/C12H24N4O/c1-15-6-4-7-16(2)10(9-15)12(14-13)11-5-3-8-17-11/h5,10,12,14H,3-4,6-9,13H2,1-2H3. The molecule has 0 aromatic heterocycles. The number of hydrogen-bond acceptors (Lipinski definition) is 5. The summed E-state index contributed by atoms with van der Waals surface area (Å²) in [6.07, 6.45) is 4.36. The molecule has 5 nitrogen and oxygen atoms in total. The third kappa shape index (κ3) is 2.98. The first-order chi connectivity index (χ1) is 8.22. The number of nitrogens with one attached hydrogen (secondary N) is 1. The van der Waals surface area contributed by atoms with Crippen LogP contribution in [0.4, 0.5) is 0 Å². The van der Waals surface area contributed by atoms with Crippen LogP contribution in [-0.2, 0) is 4.74 Å². The summed E-state index contributed by atoms with van der Waals surface area (Å²) >= 11 is 0. The zero-order valence-electron chi connectivity index (χ0n) is 10.9. The van der Waals surface area contributed by atoms with Gasteiger partial charge in [0, 0.05) is 19.0 Å². The molecule has 0 radical (unpaired) electrons. The van der Waals surface area contributed by atoms with E-state index in [0.29, 0.717) is 6.04 Å². The highest BCUT2D eigenvalue weighted by Crippen LogP contribution is 2.20. The lowest BCUT2D eigenvalue weighted by molar-refractivity contribution is 0.142. The zero-order chi connectivity index (χ0) is 12.3. The number of nitrogens with two attached hydrogens (primary N) is 1. The number of ether oxygens (including phenoxy) is 1. The molecule has 0 amide bonds. The summed E-state index contributed by atoms with van der Waals surface area (Å²) in [6.45, 7) is 4.07. The molecule has 2 rings (SSSR count). The Morgan fingerprint density at radius 1 is 1.47 bits per heavy atom. The first-order valence-electron chi connectivity index (χ1n) is 6.40. The minimum atomic E-state index is 0.100. The van der Waals surface area contributed by atoms with Crippen LogP contribution in [0.2, 0.25) is 0 Å². The maximum absolute atomic E-state index is 5.73. The number of nitrogens with zero attached hydrogens (tertiary/aromatic N) is 2. The minimum Gasteiger partial charge on any atom is -0.496 e. The summed E-state index contributed by atoms with van der Waals surface area (Å²) in [5.41, 5.74) is 2.93. The van der Waals surface area contributed by atoms with E-state index in [0.717, 1.165) is 38.4 Å². The molecular weight excluding hydrogens is 216 g/mol. The summed E-state index contributed by atoms with van der Waals surface area (Å²) in [4.78, 5) is 4.75. The second-order valence-electron chi connectivity index (χ2n) is 5.05. The van der Waals surface area contributed by atoms with Gasteiger partial charge in [-0.15, -0.1) is 0 Å². The predicted molar refractivity (Wildman–Crippen MR) is 68.3 cm³/mol. The summed E-state index contributed by atoms with van der Waals surface area (Å²) < 4.78 is 5.66. The molecule has 2 aliphatic heterocycles. The summed E-state index contributed by atoms with van der Waals surface area (Å²) in [7, 11) is 4.34. The van der Waals surface area contributed by atoms with Crippen molar-refractivity contribution in [1.82, 2.24) is 15.2 Å². The first-order valence-corrected chi connectivity index (χ1v) is 6.40. The van der Waals surface area contributed by atoms with Crippen LogP contribution in [-0.4, -0.2) is 62.2 Å². The second kappa shape index (κ2) is 5.82. The van der Waals surface area contributed by atoms with E-state index in [1.54, 1.807) is 0 Å². The van der Waals surface area contributed by atoms with Gasteiger partial charge in [-0.3, -0.25) is 5.84 Å². The maximum Gasteiger partial charge on any atom is 0.112 e. The molecule has 0 spiro atoms. The number of rotatable bonds is 3. The SMILES string of the molecule is CN1CCCN(C)C(C(NN)C2=CCCO2)C1. The van der Waals surface area contributed by atoms with Crippen molar-refractivity contribution < 1.29 is 4.74 Å². The lowest BCUT2D eigenvalue weighted by Gasteiger charge is -2.34. The van der Waals surface area contributed by atoms with E-state index >= 15 is 0 Å². The molecule has 0 bridgehead atoms. The van der Waals surface area contributed by atoms with Gasteiger partial charge in [-0.2, -0.15) is 0 Å². The summed E-state index contributed by atoms with van der Waals surface area (Å²) in [5, 5.41) is 0. The van der Waals surface area contributed by atoms with E-state index < -0.39 is 0 Å². The van der Waals surface area contributed by atoms with Gasteiger partial charge in [0.15, 0.2) is 0 Å². The van der Waals surface area contributed by atoms with Crippen molar-refractivity contribution >= 4 is 0 Å². The van der Waals surface area contributed by atoms with Crippen LogP contribution >= 0.6 is 0 Å². The molecule has 1 saturated heterocycles. The molecule has 2 unspecified atom stereocenters. The quantitative estimate of drug-likeness (QED) is 0.527. The topological polar surface area (TPSA) is 53.8 Å². The summed E-state index contributed by atoms with van der Waals surface area (Å²) in [5.74, 6) is 6.74. The highest BCUT2D eigenvalue weighted by Gasteiger charge is 2.32. The van der Waals surface area contributed by atoms with E-state index in [-0.39, 0.29) is 6.04 Å². The number of hydrogen-bond donors (Lipinski definition) is 2. The Morgan fingerprint density at radius 2 is 2.29 bits per heavy atom. The third-order valence-electron chi connectivity index (χ3n) is 3.72. The molecule has 1 fully saturated rings. The zero-order valence-corrected chi connectivity index (χ0v) is 10.9. The van der Waals surface area contributed by atoms with Gasteiger partial charge in [0.05, 0.1) is 12.6 Å². The van der Waals surface area contributed by atoms with Gasteiger partial charge < -0.3 is 14.5 Å². The van der Waals surface area contributed by atoms with E-state index in [1.807, 2.05) is 0 Å². The van der Waals surface area contributed by atoms with E-state index in [1.165, 1.54) is 6.42 Å². The fourth-order valence-corrected chi connectivity index (χ4v) is 2.70. The third-order valence-corrected chi connectivity index (χ3v) is 3.72. The largest absolute Gasteiger partial charge is 0.496 e. The van der Waals surface area contributed by atoms with Crippen LogP contribution in [0, 0.1) is 0 Å². The van der Waals surface area contributed by atoms with Crippen LogP contribution in [0.3, 0.4) is 0 Å². The predicted octanol–water partition coefficient (Wildman–Crippen LogP) is -0.242. The fourth-order valence-electron chi connectivity index (χ4n) is 2.70. The number of likely N-dealkylation sites (N-methyl/N-ethyl adjacent to an activating group) is 2. The summed E-state index contributed by atoms with van der Waals surface area (Å²) in [6, 6.07) is 0.472. The molecule has 0 aliphatic carbocycles. The van der Waals surface area contributed by atoms with Gasteiger partial charge in [0.1, 0.15) is 5.76 Å². The normalized spacial score (nSPS) is 29.6. The van der Waals surface area contributed by atoms with Crippen molar-refractivity contribution in [3.8, 4) is 0 Å². The van der Waals surface area contributed by atoms with Crippen LogP contribution in [0.15, 0.2) is 11.8 Å². The monoisotopic (exact) mass is 240 g/mol. The van der Waals surface area contributed by atoms with Gasteiger partial charge >= 0.3 is 0 Å². The molecule has 0 aromatic carbocycles. The Balaban J connectivity index is 2.09. The van der Waals surface area contributed by atoms with Crippen LogP contribution in [0.25, 0.3) is 0 Å². The molecule has 2 atom stereocenters. The van der Waals surface area contributed by atoms with Gasteiger partial charge in [0.2, 0.25) is 0 Å². The van der Waals surface area contributed by atoms with Crippen molar-refractivity contribution in [3.63, 3.8) is 0 Å². The van der Waals surface area contributed by atoms with Crippen LogP contribution in [0.1, 0.15) is 12.8 Å². The van der Waals surface area contributed by atoms with Crippen molar-refractivity contribution in [3.05, 3.63) is 11.8 Å². The van der Waals surface area contributed by atoms with Crippen molar-refractivity contribution in [2.75, 3.05) is 40.3 Å². The minimum absolute atomic E-state index is 0.100. The molecule has 2 heterocycles. The Bertz CT molecular complexity index is 282. The smallest absolute Gasteiger partial charge is 0.112 e. The Labute approximate surface area is 104 Å². The highest BCUT2D eigenvalue weighted by atomic mass is 16.5. The molecule has 2 aliphatic rings. The molecule has 17 heavy (non-hydrogen) atoms. The van der Waals surface area contributed by atoms with Gasteiger partial charge in [-0.1, -0.05) is 0 Å². The average Bonchev–Trinajstić information content (AvgIpc) is 2.76. The second-order valence-corrected chi connectivity index (χ2v) is 5.05. The van der Waals surface area contributed by atoms with Gasteiger partial charge in [-0.25, -0.2) is 5.43 Å². The van der Waals surface area contributed by atoms with Crippen LogP contribution < -0.4 is 11.3 Å². The average molecular weight is 240 g/mol. The highest BCUT2D eigenvalue weighted by molar-refractivity contribution is 5.11. The van der Waals surface area contributed by atoms with Crippen molar-refractivity contribution in [2.45, 2.75) is 24.9 Å². The number of hydrazine groups is 1. The lowest BCUT2D eigenvalue weighted by Crippen LogP contribution is -2.55. The molecule has 0 aromatic rings. The first kappa shape index (κ1) is 12.8. The maximum atomic E-state index is 5.73. The van der Waals surface area contributed by atoms with Gasteiger partial charge in [0.25, 0.3) is 0 Å². The fraction of sp³-hybridized carbons (Fsp3) is 0.833. The Hall–Kier alpha value is -0.620.